The molecule has 0 aromatic carbocycles. The van der Waals surface area contributed by atoms with Gasteiger partial charge in [-0.2, -0.15) is 0 Å². The monoisotopic (exact) mass is 444 g/mol. The predicted octanol–water partition coefficient (Wildman–Crippen LogP) is 6.79. The molecule has 3 aliphatic rings. The SMILES string of the molecule is C=C(C)C(=O)OCCC1CCC(C2CCC(C3CCC(OC(=O)C(=C)C)CC3)CC2)CC1. The number of carbonyl (C=O) groups is 2. The molecule has 4 heteroatoms. The Morgan fingerprint density at radius 1 is 0.656 bits per heavy atom. The smallest absolute Gasteiger partial charge is 0.333 e. The summed E-state index contributed by atoms with van der Waals surface area (Å²) < 4.78 is 10.9. The number of hydrogen-bond donors (Lipinski definition) is 0. The Labute approximate surface area is 195 Å². The third-order valence-electron chi connectivity index (χ3n) is 8.49. The highest BCUT2D eigenvalue weighted by Gasteiger charge is 2.35. The predicted molar refractivity (Wildman–Crippen MR) is 128 cm³/mol. The first-order valence-electron chi connectivity index (χ1n) is 13.0. The van der Waals surface area contributed by atoms with E-state index in [1.54, 1.807) is 13.8 Å². The van der Waals surface area contributed by atoms with Crippen LogP contribution in [-0.4, -0.2) is 24.6 Å². The summed E-state index contributed by atoms with van der Waals surface area (Å²) >= 11 is 0. The van der Waals surface area contributed by atoms with Crippen LogP contribution in [0.1, 0.15) is 97.3 Å². The van der Waals surface area contributed by atoms with Crippen LogP contribution in [0.25, 0.3) is 0 Å². The molecule has 0 aliphatic heterocycles. The van der Waals surface area contributed by atoms with Gasteiger partial charge in [-0.05, 0) is 114 Å². The van der Waals surface area contributed by atoms with Crippen LogP contribution in [0, 0.1) is 29.6 Å². The zero-order valence-electron chi connectivity index (χ0n) is 20.4. The fraction of sp³-hybridized carbons (Fsp3) is 0.786. The van der Waals surface area contributed by atoms with E-state index >= 15 is 0 Å². The molecule has 0 aromatic rings. The Bertz CT molecular complexity index is 657. The molecule has 0 amide bonds. The van der Waals surface area contributed by atoms with Gasteiger partial charge < -0.3 is 9.47 Å². The van der Waals surface area contributed by atoms with Gasteiger partial charge in [-0.25, -0.2) is 9.59 Å². The van der Waals surface area contributed by atoms with E-state index in [2.05, 4.69) is 13.2 Å². The minimum atomic E-state index is -0.253. The third-order valence-corrected chi connectivity index (χ3v) is 8.49. The Morgan fingerprint density at radius 2 is 1.06 bits per heavy atom. The van der Waals surface area contributed by atoms with E-state index in [9.17, 15) is 9.59 Å². The second-order valence-corrected chi connectivity index (χ2v) is 10.9. The molecule has 0 unspecified atom stereocenters. The fourth-order valence-corrected chi connectivity index (χ4v) is 6.41. The molecule has 0 heterocycles. The second-order valence-electron chi connectivity index (χ2n) is 10.9. The molecule has 0 aromatic heterocycles. The first-order valence-corrected chi connectivity index (χ1v) is 13.0. The lowest BCUT2D eigenvalue weighted by Crippen LogP contribution is -2.31. The van der Waals surface area contributed by atoms with Crippen molar-refractivity contribution in [1.82, 2.24) is 0 Å². The average molecular weight is 445 g/mol. The Balaban J connectivity index is 1.30. The number of rotatable bonds is 8. The maximum atomic E-state index is 11.8. The van der Waals surface area contributed by atoms with Gasteiger partial charge in [-0.1, -0.05) is 26.0 Å². The van der Waals surface area contributed by atoms with Crippen LogP contribution in [-0.2, 0) is 19.1 Å². The topological polar surface area (TPSA) is 52.6 Å². The highest BCUT2D eigenvalue weighted by Crippen LogP contribution is 2.45. The second kappa shape index (κ2) is 12.0. The molecule has 3 fully saturated rings. The van der Waals surface area contributed by atoms with Crippen molar-refractivity contribution < 1.29 is 19.1 Å². The zero-order chi connectivity index (χ0) is 23.1. The van der Waals surface area contributed by atoms with Crippen molar-refractivity contribution in [1.29, 1.82) is 0 Å². The van der Waals surface area contributed by atoms with Crippen molar-refractivity contribution in [3.8, 4) is 0 Å². The number of carbonyl (C=O) groups excluding carboxylic acids is 2. The Hall–Kier alpha value is -1.58. The summed E-state index contributed by atoms with van der Waals surface area (Å²) in [5, 5.41) is 0. The minimum absolute atomic E-state index is 0.103. The van der Waals surface area contributed by atoms with Gasteiger partial charge in [0.1, 0.15) is 6.10 Å². The van der Waals surface area contributed by atoms with Gasteiger partial charge in [-0.3, -0.25) is 0 Å². The minimum Gasteiger partial charge on any atom is -0.462 e. The normalized spacial score (nSPS) is 33.2. The molecule has 4 nitrogen and oxygen atoms in total. The van der Waals surface area contributed by atoms with Crippen molar-refractivity contribution in [3.05, 3.63) is 24.3 Å². The van der Waals surface area contributed by atoms with Crippen molar-refractivity contribution in [3.63, 3.8) is 0 Å². The van der Waals surface area contributed by atoms with Crippen LogP contribution >= 0.6 is 0 Å². The maximum absolute atomic E-state index is 11.8. The van der Waals surface area contributed by atoms with E-state index in [1.807, 2.05) is 0 Å². The van der Waals surface area contributed by atoms with Crippen molar-refractivity contribution in [2.45, 2.75) is 103 Å². The van der Waals surface area contributed by atoms with E-state index in [4.69, 9.17) is 9.47 Å². The van der Waals surface area contributed by atoms with Gasteiger partial charge >= 0.3 is 11.9 Å². The van der Waals surface area contributed by atoms with Crippen molar-refractivity contribution >= 4 is 11.9 Å². The van der Waals surface area contributed by atoms with Gasteiger partial charge in [-0.15, -0.1) is 0 Å². The van der Waals surface area contributed by atoms with E-state index < -0.39 is 0 Å². The number of ether oxygens (including phenoxy) is 2. The van der Waals surface area contributed by atoms with Gasteiger partial charge in [0.2, 0.25) is 0 Å². The average Bonchev–Trinajstić information content (AvgIpc) is 2.80. The number of esters is 2. The van der Waals surface area contributed by atoms with E-state index in [0.717, 1.165) is 48.9 Å². The summed E-state index contributed by atoms with van der Waals surface area (Å²) in [7, 11) is 0. The highest BCUT2D eigenvalue weighted by atomic mass is 16.5. The lowest BCUT2D eigenvalue weighted by Gasteiger charge is -2.41. The van der Waals surface area contributed by atoms with Crippen molar-refractivity contribution in [2.75, 3.05) is 6.61 Å². The lowest BCUT2D eigenvalue weighted by molar-refractivity contribution is -0.146. The summed E-state index contributed by atoms with van der Waals surface area (Å²) in [6.45, 7) is 11.3. The first-order chi connectivity index (χ1) is 15.3. The van der Waals surface area contributed by atoms with Crippen LogP contribution in [0.4, 0.5) is 0 Å². The van der Waals surface area contributed by atoms with Gasteiger partial charge in [0.05, 0.1) is 6.61 Å². The van der Waals surface area contributed by atoms with E-state index in [-0.39, 0.29) is 18.0 Å². The molecule has 3 aliphatic carbocycles. The van der Waals surface area contributed by atoms with E-state index in [0.29, 0.717) is 17.8 Å². The van der Waals surface area contributed by atoms with Gasteiger partial charge in [0, 0.05) is 11.1 Å². The molecule has 180 valence electrons. The lowest BCUT2D eigenvalue weighted by atomic mass is 9.65. The van der Waals surface area contributed by atoms with Crippen LogP contribution in [0.3, 0.4) is 0 Å². The largest absolute Gasteiger partial charge is 0.462 e. The third kappa shape index (κ3) is 7.22. The molecule has 0 N–H and O–H groups in total. The summed E-state index contributed by atoms with van der Waals surface area (Å²) in [4.78, 5) is 23.3. The summed E-state index contributed by atoms with van der Waals surface area (Å²) in [5.41, 5.74) is 0.995. The summed E-state index contributed by atoms with van der Waals surface area (Å²) in [6, 6.07) is 0. The number of hydrogen-bond acceptors (Lipinski definition) is 4. The molecule has 3 rings (SSSR count). The van der Waals surface area contributed by atoms with Crippen LogP contribution in [0.5, 0.6) is 0 Å². The van der Waals surface area contributed by atoms with Crippen LogP contribution in [0.2, 0.25) is 0 Å². The van der Waals surface area contributed by atoms with Crippen molar-refractivity contribution in [2.24, 2.45) is 29.6 Å². The first kappa shape index (κ1) is 25.1. The zero-order valence-corrected chi connectivity index (χ0v) is 20.4. The Kier molecular flexibility index (Phi) is 9.43. The Morgan fingerprint density at radius 3 is 1.50 bits per heavy atom. The summed E-state index contributed by atoms with van der Waals surface area (Å²) in [5.74, 6) is 3.77. The van der Waals surface area contributed by atoms with E-state index in [1.165, 1.54) is 64.2 Å². The summed E-state index contributed by atoms with van der Waals surface area (Å²) in [6.07, 6.45) is 16.5. The van der Waals surface area contributed by atoms with Gasteiger partial charge in [0.15, 0.2) is 0 Å². The fourth-order valence-electron chi connectivity index (χ4n) is 6.41. The quantitative estimate of drug-likeness (QED) is 0.306. The maximum Gasteiger partial charge on any atom is 0.333 e. The molecule has 0 atom stereocenters. The van der Waals surface area contributed by atoms with Gasteiger partial charge in [0.25, 0.3) is 0 Å². The molecular weight excluding hydrogens is 400 g/mol. The molecule has 0 radical (unpaired) electrons. The molecular formula is C28H44O4. The molecule has 32 heavy (non-hydrogen) atoms. The molecule has 3 saturated carbocycles. The standard InChI is InChI=1S/C28H44O4/c1-19(2)27(29)31-18-17-21-5-7-22(8-6-21)23-9-11-24(12-10-23)25-13-15-26(16-14-25)32-28(30)20(3)4/h21-26H,1,3,5-18H2,2,4H3. The molecule has 0 spiro atoms. The molecule has 0 bridgehead atoms. The molecule has 0 saturated heterocycles. The van der Waals surface area contributed by atoms with Crippen LogP contribution < -0.4 is 0 Å². The highest BCUT2D eigenvalue weighted by molar-refractivity contribution is 5.87. The van der Waals surface area contributed by atoms with Crippen LogP contribution in [0.15, 0.2) is 24.3 Å².